The fourth-order valence-corrected chi connectivity index (χ4v) is 8.47. The van der Waals surface area contributed by atoms with Crippen molar-refractivity contribution in [1.82, 2.24) is 4.90 Å². The number of hydrogen-bond acceptors (Lipinski definition) is 4. The van der Waals surface area contributed by atoms with E-state index in [0.29, 0.717) is 5.54 Å². The summed E-state index contributed by atoms with van der Waals surface area (Å²) in [6, 6.07) is 10.7. The Kier molecular flexibility index (Phi) is 6.52. The van der Waals surface area contributed by atoms with Crippen LogP contribution in [-0.2, 0) is 10.1 Å². The Morgan fingerprint density at radius 1 is 0.800 bits per heavy atom. The Labute approximate surface area is 211 Å². The van der Waals surface area contributed by atoms with Crippen LogP contribution in [0.4, 0.5) is 5.69 Å². The Balaban J connectivity index is 0.000000195. The largest absolute Gasteiger partial charge is 0.357 e. The number of benzene rings is 2. The Hall–Kier alpha value is -1.89. The maximum Gasteiger partial charge on any atom is 0.294 e. The molecule has 0 atom stereocenters. The van der Waals surface area contributed by atoms with Crippen LogP contribution >= 0.6 is 0 Å². The monoisotopic (exact) mass is 496 g/mol. The third kappa shape index (κ3) is 5.03. The van der Waals surface area contributed by atoms with Crippen LogP contribution in [0.25, 0.3) is 0 Å². The molecular formula is C29H40N2O3S. The van der Waals surface area contributed by atoms with E-state index in [1.807, 2.05) is 6.92 Å². The SMILES string of the molecule is Cc1cc(C)c(N2CCN(C34CC5CC(CC(C5)C3)C4)C2)c(C)c1.Cc1ccc(S(=O)(=O)O)cc1. The Morgan fingerprint density at radius 3 is 1.80 bits per heavy atom. The van der Waals surface area contributed by atoms with E-state index < -0.39 is 10.1 Å². The fourth-order valence-electron chi connectivity index (χ4n) is 7.99. The zero-order chi connectivity index (χ0) is 25.0. The second kappa shape index (κ2) is 9.20. The van der Waals surface area contributed by atoms with E-state index >= 15 is 0 Å². The van der Waals surface area contributed by atoms with Gasteiger partial charge in [-0.15, -0.1) is 0 Å². The summed E-state index contributed by atoms with van der Waals surface area (Å²) in [4.78, 5) is 5.50. The predicted molar refractivity (Wildman–Crippen MR) is 141 cm³/mol. The molecule has 7 rings (SSSR count). The molecule has 5 nitrogen and oxygen atoms in total. The van der Waals surface area contributed by atoms with E-state index in [1.165, 1.54) is 66.9 Å². The summed E-state index contributed by atoms with van der Waals surface area (Å²) in [6.45, 7) is 12.3. The van der Waals surface area contributed by atoms with Gasteiger partial charge in [-0.1, -0.05) is 35.4 Å². The summed E-state index contributed by atoms with van der Waals surface area (Å²) in [5.74, 6) is 3.15. The van der Waals surface area contributed by atoms with E-state index in [-0.39, 0.29) is 4.90 Å². The Bertz CT molecular complexity index is 1130. The number of nitrogens with zero attached hydrogens (tertiary/aromatic N) is 2. The zero-order valence-corrected chi connectivity index (χ0v) is 22.4. The van der Waals surface area contributed by atoms with Crippen molar-refractivity contribution in [3.05, 3.63) is 58.7 Å². The first-order valence-electron chi connectivity index (χ1n) is 13.1. The van der Waals surface area contributed by atoms with E-state index in [4.69, 9.17) is 4.55 Å². The van der Waals surface area contributed by atoms with Gasteiger partial charge in [0.2, 0.25) is 0 Å². The minimum absolute atomic E-state index is 0.0666. The number of rotatable bonds is 3. The molecule has 0 unspecified atom stereocenters. The molecule has 2 aromatic carbocycles. The summed E-state index contributed by atoms with van der Waals surface area (Å²) in [5.41, 5.74) is 7.34. The van der Waals surface area contributed by atoms with Gasteiger partial charge in [-0.2, -0.15) is 8.42 Å². The molecule has 4 aliphatic carbocycles. The second-order valence-corrected chi connectivity index (χ2v) is 13.3. The predicted octanol–water partition coefficient (Wildman–Crippen LogP) is 5.90. The van der Waals surface area contributed by atoms with Crippen LogP contribution in [-0.4, -0.2) is 43.2 Å². The first kappa shape index (κ1) is 24.8. The molecular weight excluding hydrogens is 456 g/mol. The summed E-state index contributed by atoms with van der Waals surface area (Å²) < 4.78 is 29.6. The lowest BCUT2D eigenvalue weighted by molar-refractivity contribution is -0.0797. The molecule has 0 radical (unpaired) electrons. The Morgan fingerprint density at radius 2 is 1.31 bits per heavy atom. The zero-order valence-electron chi connectivity index (χ0n) is 21.6. The molecule has 1 N–H and O–H groups in total. The molecule has 0 aromatic heterocycles. The molecule has 5 aliphatic rings. The molecule has 190 valence electrons. The summed E-state index contributed by atoms with van der Waals surface area (Å²) in [6.07, 6.45) is 9.14. The highest BCUT2D eigenvalue weighted by Gasteiger charge is 2.54. The average Bonchev–Trinajstić information content (AvgIpc) is 3.23. The minimum atomic E-state index is -4.02. The highest BCUT2D eigenvalue weighted by molar-refractivity contribution is 7.85. The number of hydrogen-bond donors (Lipinski definition) is 1. The first-order chi connectivity index (χ1) is 16.5. The topological polar surface area (TPSA) is 60.9 Å². The van der Waals surface area contributed by atoms with Crippen LogP contribution in [0.2, 0.25) is 0 Å². The van der Waals surface area contributed by atoms with Gasteiger partial charge in [0.1, 0.15) is 0 Å². The maximum absolute atomic E-state index is 10.5. The van der Waals surface area contributed by atoms with Crippen LogP contribution in [0.1, 0.15) is 60.8 Å². The van der Waals surface area contributed by atoms with Gasteiger partial charge in [-0.3, -0.25) is 9.45 Å². The molecule has 4 saturated carbocycles. The van der Waals surface area contributed by atoms with E-state index in [9.17, 15) is 8.42 Å². The molecule has 0 amide bonds. The molecule has 6 heteroatoms. The molecule has 1 aliphatic heterocycles. The lowest BCUT2D eigenvalue weighted by Gasteiger charge is -2.60. The van der Waals surface area contributed by atoms with Crippen LogP contribution in [0, 0.1) is 45.4 Å². The van der Waals surface area contributed by atoms with Crippen molar-refractivity contribution in [3.8, 4) is 0 Å². The fraction of sp³-hybridized carbons (Fsp3) is 0.586. The normalized spacial score (nSPS) is 29.9. The van der Waals surface area contributed by atoms with Gasteiger partial charge in [0.15, 0.2) is 0 Å². The molecule has 5 fully saturated rings. The smallest absolute Gasteiger partial charge is 0.294 e. The lowest BCUT2D eigenvalue weighted by atomic mass is 9.52. The van der Waals surface area contributed by atoms with Crippen molar-refractivity contribution in [1.29, 1.82) is 0 Å². The average molecular weight is 497 g/mol. The van der Waals surface area contributed by atoms with E-state index in [0.717, 1.165) is 30.0 Å². The van der Waals surface area contributed by atoms with E-state index in [2.05, 4.69) is 42.7 Å². The van der Waals surface area contributed by atoms with Gasteiger partial charge in [0.05, 0.1) is 11.6 Å². The third-order valence-corrected chi connectivity index (χ3v) is 9.80. The quantitative estimate of drug-likeness (QED) is 0.536. The van der Waals surface area contributed by atoms with Crippen LogP contribution in [0.5, 0.6) is 0 Å². The molecule has 1 heterocycles. The summed E-state index contributed by atoms with van der Waals surface area (Å²) >= 11 is 0. The molecule has 2 aromatic rings. The van der Waals surface area contributed by atoms with Gasteiger partial charge in [0, 0.05) is 24.3 Å². The van der Waals surface area contributed by atoms with Gasteiger partial charge in [0.25, 0.3) is 10.1 Å². The molecule has 1 saturated heterocycles. The standard InChI is InChI=1S/C22H32N2.C7H8O3S/c1-15-6-16(2)21(17(3)7-15)23-4-5-24(14-23)22-11-18-8-19(12-22)10-20(9-18)13-22;1-6-2-4-7(5-3-6)11(8,9)10/h6-7,18-20H,4-5,8-14H2,1-3H3;2-5H,1H3,(H,8,9,10). The number of aryl methyl sites for hydroxylation is 4. The maximum atomic E-state index is 10.5. The van der Waals surface area contributed by atoms with Gasteiger partial charge in [-0.05, 0) is 107 Å². The molecule has 35 heavy (non-hydrogen) atoms. The van der Waals surface area contributed by atoms with Crippen molar-refractivity contribution in [2.75, 3.05) is 24.7 Å². The first-order valence-corrected chi connectivity index (χ1v) is 14.6. The minimum Gasteiger partial charge on any atom is -0.357 e. The molecule has 4 bridgehead atoms. The highest BCUT2D eigenvalue weighted by atomic mass is 32.2. The van der Waals surface area contributed by atoms with Gasteiger partial charge in [-0.25, -0.2) is 0 Å². The van der Waals surface area contributed by atoms with E-state index in [1.54, 1.807) is 31.4 Å². The van der Waals surface area contributed by atoms with Crippen LogP contribution in [0.15, 0.2) is 41.3 Å². The number of anilines is 1. The van der Waals surface area contributed by atoms with Gasteiger partial charge < -0.3 is 4.90 Å². The van der Waals surface area contributed by atoms with Crippen molar-refractivity contribution in [2.24, 2.45) is 17.8 Å². The van der Waals surface area contributed by atoms with Crippen molar-refractivity contribution in [2.45, 2.75) is 76.7 Å². The van der Waals surface area contributed by atoms with Crippen molar-refractivity contribution >= 4 is 15.8 Å². The van der Waals surface area contributed by atoms with Crippen LogP contribution in [0.3, 0.4) is 0 Å². The molecule has 0 spiro atoms. The second-order valence-electron chi connectivity index (χ2n) is 11.8. The van der Waals surface area contributed by atoms with Crippen molar-refractivity contribution in [3.63, 3.8) is 0 Å². The van der Waals surface area contributed by atoms with Crippen LogP contribution < -0.4 is 4.90 Å². The lowest BCUT2D eigenvalue weighted by Crippen LogP contribution is -2.59. The third-order valence-electron chi connectivity index (χ3n) is 8.93. The van der Waals surface area contributed by atoms with Crippen molar-refractivity contribution < 1.29 is 13.0 Å². The van der Waals surface area contributed by atoms with Gasteiger partial charge >= 0.3 is 0 Å². The summed E-state index contributed by atoms with van der Waals surface area (Å²) in [7, 11) is -4.02. The highest BCUT2D eigenvalue weighted by Crippen LogP contribution is 2.58. The summed E-state index contributed by atoms with van der Waals surface area (Å²) in [5, 5.41) is 0.